The van der Waals surface area contributed by atoms with Crippen LogP contribution < -0.4 is 10.5 Å². The van der Waals surface area contributed by atoms with Gasteiger partial charge in [-0.3, -0.25) is 0 Å². The Morgan fingerprint density at radius 3 is 2.85 bits per heavy atom. The minimum atomic E-state index is -3.46. The summed E-state index contributed by atoms with van der Waals surface area (Å²) in [5.41, 5.74) is 6.83. The van der Waals surface area contributed by atoms with Crippen LogP contribution in [0.25, 0.3) is 0 Å². The van der Waals surface area contributed by atoms with Gasteiger partial charge in [-0.2, -0.15) is 0 Å². The number of hydrogen-bond donors (Lipinski definition) is 2. The monoisotopic (exact) mass is 297 g/mol. The minimum Gasteiger partial charge on any atom is -0.324 e. The van der Waals surface area contributed by atoms with Gasteiger partial charge in [-0.25, -0.2) is 13.1 Å². The molecular weight excluding hydrogens is 274 g/mol. The summed E-state index contributed by atoms with van der Waals surface area (Å²) in [7, 11) is -1.47. The first-order valence-electron chi connectivity index (χ1n) is 6.99. The van der Waals surface area contributed by atoms with E-state index in [4.69, 9.17) is 5.73 Å². The number of nitrogens with one attached hydrogen (secondary N) is 1. The molecule has 2 rings (SSSR count). The van der Waals surface area contributed by atoms with E-state index in [9.17, 15) is 8.42 Å². The van der Waals surface area contributed by atoms with Crippen molar-refractivity contribution in [1.29, 1.82) is 0 Å². The SMILES string of the molecule is CCC(N)c1cccc(S(=O)(=O)NC2CCN(C)C2)c1. The van der Waals surface area contributed by atoms with Crippen molar-refractivity contribution in [2.75, 3.05) is 20.1 Å². The predicted octanol–water partition coefficient (Wildman–Crippen LogP) is 1.08. The zero-order valence-electron chi connectivity index (χ0n) is 12.0. The molecule has 0 spiro atoms. The largest absolute Gasteiger partial charge is 0.324 e. The first-order chi connectivity index (χ1) is 9.42. The molecule has 3 N–H and O–H groups in total. The van der Waals surface area contributed by atoms with Gasteiger partial charge >= 0.3 is 0 Å². The summed E-state index contributed by atoms with van der Waals surface area (Å²) in [5.74, 6) is 0. The van der Waals surface area contributed by atoms with Crippen LogP contribution >= 0.6 is 0 Å². The normalized spacial score (nSPS) is 22.1. The van der Waals surface area contributed by atoms with Gasteiger partial charge < -0.3 is 10.6 Å². The highest BCUT2D eigenvalue weighted by Gasteiger charge is 2.25. The van der Waals surface area contributed by atoms with Crippen LogP contribution in [0.4, 0.5) is 0 Å². The Hall–Kier alpha value is -0.950. The summed E-state index contributed by atoms with van der Waals surface area (Å²) < 4.78 is 27.6. The highest BCUT2D eigenvalue weighted by atomic mass is 32.2. The second-order valence-electron chi connectivity index (χ2n) is 5.46. The number of nitrogens with zero attached hydrogens (tertiary/aromatic N) is 1. The molecule has 0 bridgehead atoms. The number of benzene rings is 1. The number of likely N-dealkylation sites (tertiary alicyclic amines) is 1. The van der Waals surface area contributed by atoms with Gasteiger partial charge in [-0.1, -0.05) is 19.1 Å². The maximum atomic E-state index is 12.4. The average molecular weight is 297 g/mol. The summed E-state index contributed by atoms with van der Waals surface area (Å²) in [6.45, 7) is 3.67. The van der Waals surface area contributed by atoms with E-state index in [1.54, 1.807) is 18.2 Å². The van der Waals surface area contributed by atoms with Crippen molar-refractivity contribution in [3.05, 3.63) is 29.8 Å². The molecule has 0 amide bonds. The number of hydrogen-bond acceptors (Lipinski definition) is 4. The lowest BCUT2D eigenvalue weighted by Gasteiger charge is -2.15. The predicted molar refractivity (Wildman–Crippen MR) is 79.9 cm³/mol. The topological polar surface area (TPSA) is 75.4 Å². The van der Waals surface area contributed by atoms with E-state index in [1.165, 1.54) is 0 Å². The quantitative estimate of drug-likeness (QED) is 0.853. The fraction of sp³-hybridized carbons (Fsp3) is 0.571. The molecule has 0 aromatic heterocycles. The van der Waals surface area contributed by atoms with Crippen molar-refractivity contribution in [2.45, 2.75) is 36.7 Å². The fourth-order valence-electron chi connectivity index (χ4n) is 2.47. The molecule has 0 aliphatic carbocycles. The minimum absolute atomic E-state index is 0.00601. The van der Waals surface area contributed by atoms with Crippen LogP contribution in [0.2, 0.25) is 0 Å². The summed E-state index contributed by atoms with van der Waals surface area (Å²) in [5, 5.41) is 0. The van der Waals surface area contributed by atoms with Gasteiger partial charge in [-0.15, -0.1) is 0 Å². The maximum absolute atomic E-state index is 12.4. The first kappa shape index (κ1) is 15.4. The molecule has 1 aliphatic rings. The van der Waals surface area contributed by atoms with Gasteiger partial charge in [0.25, 0.3) is 0 Å². The zero-order chi connectivity index (χ0) is 14.8. The molecule has 1 aromatic rings. The Bertz CT molecular complexity index is 559. The van der Waals surface area contributed by atoms with E-state index in [0.29, 0.717) is 4.90 Å². The Labute approximate surface area is 121 Å². The third-order valence-corrected chi connectivity index (χ3v) is 5.27. The molecule has 2 unspecified atom stereocenters. The number of sulfonamides is 1. The third-order valence-electron chi connectivity index (χ3n) is 3.75. The second-order valence-corrected chi connectivity index (χ2v) is 7.17. The van der Waals surface area contributed by atoms with Gasteiger partial charge in [-0.05, 0) is 44.1 Å². The first-order valence-corrected chi connectivity index (χ1v) is 8.47. The Balaban J connectivity index is 2.17. The van der Waals surface area contributed by atoms with E-state index in [1.807, 2.05) is 20.0 Å². The molecule has 1 saturated heterocycles. The Kier molecular flexibility index (Phi) is 4.80. The zero-order valence-corrected chi connectivity index (χ0v) is 12.9. The Morgan fingerprint density at radius 1 is 1.50 bits per heavy atom. The molecule has 0 saturated carbocycles. The Morgan fingerprint density at radius 2 is 2.25 bits per heavy atom. The third kappa shape index (κ3) is 3.58. The molecule has 1 fully saturated rings. The van der Waals surface area contributed by atoms with Crippen molar-refractivity contribution in [1.82, 2.24) is 9.62 Å². The molecule has 20 heavy (non-hydrogen) atoms. The van der Waals surface area contributed by atoms with E-state index < -0.39 is 10.0 Å². The van der Waals surface area contributed by atoms with Crippen molar-refractivity contribution >= 4 is 10.0 Å². The molecule has 6 heteroatoms. The fourth-order valence-corrected chi connectivity index (χ4v) is 3.78. The van der Waals surface area contributed by atoms with Gasteiger partial charge in [0.05, 0.1) is 4.90 Å². The van der Waals surface area contributed by atoms with Crippen molar-refractivity contribution in [2.24, 2.45) is 5.73 Å². The highest BCUT2D eigenvalue weighted by Crippen LogP contribution is 2.19. The van der Waals surface area contributed by atoms with Gasteiger partial charge in [0, 0.05) is 18.6 Å². The molecule has 1 heterocycles. The van der Waals surface area contributed by atoms with E-state index in [0.717, 1.165) is 31.5 Å². The lowest BCUT2D eigenvalue weighted by atomic mass is 10.1. The van der Waals surface area contributed by atoms with Crippen LogP contribution in [0, 0.1) is 0 Å². The molecular formula is C14H23N3O2S. The van der Waals surface area contributed by atoms with Gasteiger partial charge in [0.2, 0.25) is 10.0 Å². The molecule has 112 valence electrons. The standard InChI is InChI=1S/C14H23N3O2S/c1-3-14(15)11-5-4-6-13(9-11)20(18,19)16-12-7-8-17(2)10-12/h4-6,9,12,14,16H,3,7-8,10,15H2,1-2H3. The van der Waals surface area contributed by atoms with Crippen LogP contribution in [0.5, 0.6) is 0 Å². The number of nitrogens with two attached hydrogens (primary N) is 1. The van der Waals surface area contributed by atoms with Crippen molar-refractivity contribution in [3.8, 4) is 0 Å². The van der Waals surface area contributed by atoms with Crippen molar-refractivity contribution in [3.63, 3.8) is 0 Å². The van der Waals surface area contributed by atoms with Crippen LogP contribution in [0.15, 0.2) is 29.2 Å². The molecule has 1 aromatic carbocycles. The average Bonchev–Trinajstić information content (AvgIpc) is 2.82. The summed E-state index contributed by atoms with van der Waals surface area (Å²) in [4.78, 5) is 2.42. The summed E-state index contributed by atoms with van der Waals surface area (Å²) in [6.07, 6.45) is 1.63. The van der Waals surface area contributed by atoms with Gasteiger partial charge in [0.1, 0.15) is 0 Å². The highest BCUT2D eigenvalue weighted by molar-refractivity contribution is 7.89. The van der Waals surface area contributed by atoms with E-state index >= 15 is 0 Å². The summed E-state index contributed by atoms with van der Waals surface area (Å²) in [6, 6.07) is 6.79. The maximum Gasteiger partial charge on any atom is 0.240 e. The molecule has 1 aliphatic heterocycles. The van der Waals surface area contributed by atoms with Gasteiger partial charge in [0.15, 0.2) is 0 Å². The number of rotatable bonds is 5. The van der Waals surface area contributed by atoms with Crippen LogP contribution in [-0.4, -0.2) is 39.5 Å². The molecule has 2 atom stereocenters. The lowest BCUT2D eigenvalue weighted by molar-refractivity contribution is 0.407. The van der Waals surface area contributed by atoms with Crippen LogP contribution in [0.1, 0.15) is 31.4 Å². The smallest absolute Gasteiger partial charge is 0.240 e. The second kappa shape index (κ2) is 6.22. The molecule has 5 nitrogen and oxygen atoms in total. The van der Waals surface area contributed by atoms with E-state index in [-0.39, 0.29) is 12.1 Å². The number of likely N-dealkylation sites (N-methyl/N-ethyl adjacent to an activating group) is 1. The lowest BCUT2D eigenvalue weighted by Crippen LogP contribution is -2.36. The summed E-state index contributed by atoms with van der Waals surface area (Å²) >= 11 is 0. The van der Waals surface area contributed by atoms with Crippen molar-refractivity contribution < 1.29 is 8.42 Å². The van der Waals surface area contributed by atoms with Crippen LogP contribution in [0.3, 0.4) is 0 Å². The molecule has 0 radical (unpaired) electrons. The van der Waals surface area contributed by atoms with E-state index in [2.05, 4.69) is 9.62 Å². The van der Waals surface area contributed by atoms with Crippen LogP contribution in [-0.2, 0) is 10.0 Å².